The summed E-state index contributed by atoms with van der Waals surface area (Å²) in [5, 5.41) is 2.99. The summed E-state index contributed by atoms with van der Waals surface area (Å²) in [6.45, 7) is 5.60. The molecule has 0 saturated carbocycles. The molecule has 1 fully saturated rings. The lowest BCUT2D eigenvalue weighted by atomic mass is 9.96. The van der Waals surface area contributed by atoms with Gasteiger partial charge in [0.05, 0.1) is 5.69 Å². The third-order valence-corrected chi connectivity index (χ3v) is 5.03. The Morgan fingerprint density at radius 1 is 1.33 bits per heavy atom. The number of nitrogens with one attached hydrogen (secondary N) is 1. The van der Waals surface area contributed by atoms with Crippen molar-refractivity contribution in [1.82, 2.24) is 19.6 Å². The Morgan fingerprint density at radius 2 is 2.11 bits per heavy atom. The molecular formula is C20H28N4O3. The van der Waals surface area contributed by atoms with Gasteiger partial charge in [0.15, 0.2) is 0 Å². The average molecular weight is 372 g/mol. The number of rotatable bonds is 7. The first-order valence-electron chi connectivity index (χ1n) is 9.55. The third-order valence-electron chi connectivity index (χ3n) is 5.03. The molecule has 27 heavy (non-hydrogen) atoms. The van der Waals surface area contributed by atoms with Crippen LogP contribution in [0, 0.1) is 12.8 Å². The third kappa shape index (κ3) is 5.14. The molecule has 7 nitrogen and oxygen atoms in total. The van der Waals surface area contributed by atoms with Gasteiger partial charge < -0.3 is 10.1 Å². The zero-order chi connectivity index (χ0) is 19.2. The minimum Gasteiger partial charge on any atom is -0.385 e. The predicted molar refractivity (Wildman–Crippen MR) is 104 cm³/mol. The Bertz CT molecular complexity index is 841. The lowest BCUT2D eigenvalue weighted by molar-refractivity contribution is -0.126. The molecule has 0 aromatic carbocycles. The molecule has 1 amide bonds. The van der Waals surface area contributed by atoms with Crippen LogP contribution in [-0.2, 0) is 16.1 Å². The topological polar surface area (TPSA) is 75.9 Å². The van der Waals surface area contributed by atoms with Gasteiger partial charge in [-0.2, -0.15) is 0 Å². The van der Waals surface area contributed by atoms with E-state index in [1.807, 2.05) is 25.3 Å². The molecule has 0 aliphatic carbocycles. The number of likely N-dealkylation sites (tertiary alicyclic amines) is 1. The Morgan fingerprint density at radius 3 is 2.85 bits per heavy atom. The van der Waals surface area contributed by atoms with E-state index in [0.29, 0.717) is 25.3 Å². The molecule has 146 valence electrons. The molecule has 1 aliphatic heterocycles. The van der Waals surface area contributed by atoms with Crippen LogP contribution in [0.3, 0.4) is 0 Å². The van der Waals surface area contributed by atoms with Crippen LogP contribution in [-0.4, -0.2) is 53.5 Å². The van der Waals surface area contributed by atoms with Crippen molar-refractivity contribution in [3.8, 4) is 0 Å². The maximum atomic E-state index is 12.3. The van der Waals surface area contributed by atoms with Crippen molar-refractivity contribution in [2.45, 2.75) is 32.7 Å². The van der Waals surface area contributed by atoms with Gasteiger partial charge in [-0.1, -0.05) is 6.07 Å². The number of hydrogen-bond acceptors (Lipinski definition) is 5. The van der Waals surface area contributed by atoms with Crippen LogP contribution in [0.4, 0.5) is 0 Å². The molecule has 1 saturated heterocycles. The zero-order valence-electron chi connectivity index (χ0n) is 16.1. The molecule has 2 aromatic rings. The minimum atomic E-state index is -0.0518. The maximum Gasteiger partial charge on any atom is 0.258 e. The van der Waals surface area contributed by atoms with Crippen LogP contribution in [0.2, 0.25) is 0 Å². The summed E-state index contributed by atoms with van der Waals surface area (Å²) < 4.78 is 6.58. The molecule has 3 heterocycles. The number of nitrogens with zero attached hydrogens (tertiary/aromatic N) is 3. The van der Waals surface area contributed by atoms with Gasteiger partial charge in [0.25, 0.3) is 5.56 Å². The number of carbonyl (C=O) groups excluding carboxylic acids is 1. The quantitative estimate of drug-likeness (QED) is 0.743. The highest BCUT2D eigenvalue weighted by Crippen LogP contribution is 2.18. The fraction of sp³-hybridized carbons (Fsp3) is 0.550. The molecule has 7 heteroatoms. The lowest BCUT2D eigenvalue weighted by Gasteiger charge is -2.31. The van der Waals surface area contributed by atoms with Crippen LogP contribution in [0.15, 0.2) is 29.2 Å². The largest absolute Gasteiger partial charge is 0.385 e. The summed E-state index contributed by atoms with van der Waals surface area (Å²) >= 11 is 0. The second kappa shape index (κ2) is 9.10. The number of hydrogen-bond donors (Lipinski definition) is 1. The highest BCUT2D eigenvalue weighted by atomic mass is 16.5. The number of piperidine rings is 1. The number of pyridine rings is 1. The first-order valence-corrected chi connectivity index (χ1v) is 9.55. The SMILES string of the molecule is COCCCNC(=O)C1CCN(Cc2cc(=O)n3cc(C)ccc3n2)CC1. The summed E-state index contributed by atoms with van der Waals surface area (Å²) in [6, 6.07) is 5.45. The highest BCUT2D eigenvalue weighted by molar-refractivity contribution is 5.78. The smallest absolute Gasteiger partial charge is 0.258 e. The van der Waals surface area contributed by atoms with E-state index in [1.165, 1.54) is 0 Å². The molecule has 3 rings (SSSR count). The first-order chi connectivity index (χ1) is 13.1. The molecular weight excluding hydrogens is 344 g/mol. The predicted octanol–water partition coefficient (Wildman–Crippen LogP) is 1.37. The molecule has 0 spiro atoms. The number of ether oxygens (including phenoxy) is 1. The van der Waals surface area contributed by atoms with Crippen LogP contribution >= 0.6 is 0 Å². The number of amides is 1. The zero-order valence-corrected chi connectivity index (χ0v) is 16.1. The van der Waals surface area contributed by atoms with E-state index in [9.17, 15) is 9.59 Å². The van der Waals surface area contributed by atoms with Gasteiger partial charge >= 0.3 is 0 Å². The Labute approximate surface area is 159 Å². The van der Waals surface area contributed by atoms with E-state index >= 15 is 0 Å². The van der Waals surface area contributed by atoms with Gasteiger partial charge in [0.1, 0.15) is 5.65 Å². The highest BCUT2D eigenvalue weighted by Gasteiger charge is 2.25. The Balaban J connectivity index is 1.53. The van der Waals surface area contributed by atoms with E-state index in [1.54, 1.807) is 17.6 Å². The van der Waals surface area contributed by atoms with Crippen LogP contribution in [0.25, 0.3) is 5.65 Å². The Kier molecular flexibility index (Phi) is 6.58. The fourth-order valence-corrected chi connectivity index (χ4v) is 3.49. The van der Waals surface area contributed by atoms with Crippen LogP contribution < -0.4 is 10.9 Å². The monoisotopic (exact) mass is 372 g/mol. The van der Waals surface area contributed by atoms with Crippen molar-refractivity contribution in [3.05, 3.63) is 46.0 Å². The van der Waals surface area contributed by atoms with Crippen LogP contribution in [0.1, 0.15) is 30.5 Å². The summed E-state index contributed by atoms with van der Waals surface area (Å²) in [4.78, 5) is 31.4. The number of aromatic nitrogens is 2. The molecule has 0 unspecified atom stereocenters. The molecule has 0 bridgehead atoms. The summed E-state index contributed by atoms with van der Waals surface area (Å²) in [5.41, 5.74) is 2.44. The van der Waals surface area contributed by atoms with Crippen molar-refractivity contribution in [2.24, 2.45) is 5.92 Å². The second-order valence-corrected chi connectivity index (χ2v) is 7.21. The summed E-state index contributed by atoms with van der Waals surface area (Å²) in [6.07, 6.45) is 4.32. The van der Waals surface area contributed by atoms with Crippen molar-refractivity contribution < 1.29 is 9.53 Å². The second-order valence-electron chi connectivity index (χ2n) is 7.21. The molecule has 1 aliphatic rings. The van der Waals surface area contributed by atoms with Gasteiger partial charge in [0.2, 0.25) is 5.91 Å². The molecule has 0 radical (unpaired) electrons. The van der Waals surface area contributed by atoms with Crippen molar-refractivity contribution in [3.63, 3.8) is 0 Å². The molecule has 1 N–H and O–H groups in total. The van der Waals surface area contributed by atoms with Gasteiger partial charge in [-0.25, -0.2) is 4.98 Å². The fourth-order valence-electron chi connectivity index (χ4n) is 3.49. The number of carbonyl (C=O) groups is 1. The summed E-state index contributed by atoms with van der Waals surface area (Å²) in [5.74, 6) is 0.213. The van der Waals surface area contributed by atoms with Crippen LogP contribution in [0.5, 0.6) is 0 Å². The summed E-state index contributed by atoms with van der Waals surface area (Å²) in [7, 11) is 1.66. The van der Waals surface area contributed by atoms with E-state index in [0.717, 1.165) is 43.6 Å². The Hall–Kier alpha value is -2.25. The average Bonchev–Trinajstić information content (AvgIpc) is 2.66. The van der Waals surface area contributed by atoms with Gasteiger partial charge in [-0.3, -0.25) is 18.9 Å². The van der Waals surface area contributed by atoms with E-state index in [-0.39, 0.29) is 17.4 Å². The minimum absolute atomic E-state index is 0.0518. The number of methoxy groups -OCH3 is 1. The normalized spacial score (nSPS) is 15.9. The van der Waals surface area contributed by atoms with Gasteiger partial charge in [-0.05, 0) is 50.9 Å². The van der Waals surface area contributed by atoms with E-state index in [4.69, 9.17) is 4.74 Å². The number of fused-ring (bicyclic) bond motifs is 1. The van der Waals surface area contributed by atoms with E-state index < -0.39 is 0 Å². The van der Waals surface area contributed by atoms with E-state index in [2.05, 4.69) is 15.2 Å². The lowest BCUT2D eigenvalue weighted by Crippen LogP contribution is -2.40. The first kappa shape index (κ1) is 19.5. The van der Waals surface area contributed by atoms with Crippen molar-refractivity contribution in [2.75, 3.05) is 33.4 Å². The maximum absolute atomic E-state index is 12.3. The molecule has 0 atom stereocenters. The standard InChI is InChI=1S/C20H28N4O3/c1-15-4-5-18-22-17(12-19(25)24(18)13-15)14-23-9-6-16(7-10-23)20(26)21-8-3-11-27-2/h4-5,12-13,16H,3,6-11,14H2,1-2H3,(H,21,26). The van der Waals surface area contributed by atoms with Crippen molar-refractivity contribution in [1.29, 1.82) is 0 Å². The van der Waals surface area contributed by atoms with Crippen molar-refractivity contribution >= 4 is 11.6 Å². The van der Waals surface area contributed by atoms with Gasteiger partial charge in [-0.15, -0.1) is 0 Å². The van der Waals surface area contributed by atoms with Gasteiger partial charge in [0, 0.05) is 45.0 Å². The number of aryl methyl sites for hydroxylation is 1. The molecule has 2 aromatic heterocycles.